The van der Waals surface area contributed by atoms with Gasteiger partial charge in [-0.15, -0.1) is 11.3 Å². The van der Waals surface area contributed by atoms with Crippen LogP contribution in [-0.4, -0.2) is 16.7 Å². The lowest BCUT2D eigenvalue weighted by molar-refractivity contribution is 0.299. The van der Waals surface area contributed by atoms with Crippen LogP contribution < -0.4 is 0 Å². The molecule has 1 aromatic heterocycles. The molecule has 3 heteroatoms. The highest BCUT2D eigenvalue weighted by molar-refractivity contribution is 7.09. The molecule has 0 amide bonds. The van der Waals surface area contributed by atoms with Crippen LogP contribution >= 0.6 is 11.3 Å². The van der Waals surface area contributed by atoms with Gasteiger partial charge in [0, 0.05) is 24.0 Å². The molecule has 0 aliphatic heterocycles. The van der Waals surface area contributed by atoms with Crippen LogP contribution in [0.2, 0.25) is 0 Å². The summed E-state index contributed by atoms with van der Waals surface area (Å²) in [6.07, 6.45) is 0.636. The average Bonchev–Trinajstić information content (AvgIpc) is 2.87. The Morgan fingerprint density at radius 3 is 2.74 bits per heavy atom. The van der Waals surface area contributed by atoms with Crippen molar-refractivity contribution in [2.24, 2.45) is 0 Å². The molecular formula is C16H15NOS. The molecule has 0 aliphatic carbocycles. The third-order valence-corrected chi connectivity index (χ3v) is 4.08. The number of thiazole rings is 1. The summed E-state index contributed by atoms with van der Waals surface area (Å²) in [7, 11) is 0. The van der Waals surface area contributed by atoms with Gasteiger partial charge in [0.25, 0.3) is 0 Å². The standard InChI is InChI=1S/C16H15NOS/c1-11-2-3-13-9-14(5-4-12(13)8-11)15-10-19-16(17-15)6-7-18/h2-5,8-10,18H,6-7H2,1H3. The van der Waals surface area contributed by atoms with Crippen molar-refractivity contribution in [1.29, 1.82) is 0 Å². The SMILES string of the molecule is Cc1ccc2cc(-c3csc(CCO)n3)ccc2c1. The molecule has 1 N–H and O–H groups in total. The zero-order chi connectivity index (χ0) is 13.2. The maximum atomic E-state index is 8.93. The van der Waals surface area contributed by atoms with Gasteiger partial charge in [0.05, 0.1) is 10.7 Å². The Morgan fingerprint density at radius 2 is 1.89 bits per heavy atom. The lowest BCUT2D eigenvalue weighted by atomic mass is 10.0. The third kappa shape index (κ3) is 2.53. The molecule has 0 saturated carbocycles. The van der Waals surface area contributed by atoms with Gasteiger partial charge < -0.3 is 5.11 Å². The summed E-state index contributed by atoms with van der Waals surface area (Å²) in [5.74, 6) is 0. The van der Waals surface area contributed by atoms with Crippen molar-refractivity contribution in [3.05, 3.63) is 52.3 Å². The lowest BCUT2D eigenvalue weighted by Gasteiger charge is -2.02. The Labute approximate surface area is 116 Å². The van der Waals surface area contributed by atoms with Gasteiger partial charge in [-0.25, -0.2) is 4.98 Å². The summed E-state index contributed by atoms with van der Waals surface area (Å²) < 4.78 is 0. The Balaban J connectivity index is 2.02. The first kappa shape index (κ1) is 12.3. The molecular weight excluding hydrogens is 254 g/mol. The van der Waals surface area contributed by atoms with Gasteiger partial charge >= 0.3 is 0 Å². The molecule has 96 valence electrons. The minimum absolute atomic E-state index is 0.157. The zero-order valence-electron chi connectivity index (χ0n) is 10.8. The predicted molar refractivity (Wildman–Crippen MR) is 80.6 cm³/mol. The number of aryl methyl sites for hydroxylation is 1. The second-order valence-electron chi connectivity index (χ2n) is 4.67. The van der Waals surface area contributed by atoms with Crippen LogP contribution in [-0.2, 0) is 6.42 Å². The first-order chi connectivity index (χ1) is 9.26. The van der Waals surface area contributed by atoms with Crippen LogP contribution in [0.5, 0.6) is 0 Å². The lowest BCUT2D eigenvalue weighted by Crippen LogP contribution is -1.89. The topological polar surface area (TPSA) is 33.1 Å². The molecule has 0 radical (unpaired) electrons. The number of aliphatic hydroxyl groups is 1. The van der Waals surface area contributed by atoms with Crippen molar-refractivity contribution in [1.82, 2.24) is 4.98 Å². The number of benzene rings is 2. The number of hydrogen-bond acceptors (Lipinski definition) is 3. The summed E-state index contributed by atoms with van der Waals surface area (Å²) in [5.41, 5.74) is 3.41. The Morgan fingerprint density at radius 1 is 1.11 bits per heavy atom. The smallest absolute Gasteiger partial charge is 0.0955 e. The third-order valence-electron chi connectivity index (χ3n) is 3.17. The van der Waals surface area contributed by atoms with Gasteiger partial charge in [-0.1, -0.05) is 35.9 Å². The van der Waals surface area contributed by atoms with Crippen LogP contribution in [0.15, 0.2) is 41.8 Å². The highest BCUT2D eigenvalue weighted by atomic mass is 32.1. The quantitative estimate of drug-likeness (QED) is 0.784. The van der Waals surface area contributed by atoms with Gasteiger partial charge in [-0.3, -0.25) is 0 Å². The second-order valence-corrected chi connectivity index (χ2v) is 5.61. The van der Waals surface area contributed by atoms with E-state index in [2.05, 4.69) is 53.7 Å². The summed E-state index contributed by atoms with van der Waals surface area (Å²) >= 11 is 1.61. The minimum Gasteiger partial charge on any atom is -0.396 e. The first-order valence-electron chi connectivity index (χ1n) is 6.32. The number of aliphatic hydroxyl groups excluding tert-OH is 1. The van der Waals surface area contributed by atoms with Gasteiger partial charge in [0.1, 0.15) is 0 Å². The molecule has 0 spiro atoms. The fraction of sp³-hybridized carbons (Fsp3) is 0.188. The fourth-order valence-electron chi connectivity index (χ4n) is 2.18. The number of aromatic nitrogens is 1. The van der Waals surface area contributed by atoms with E-state index in [0.717, 1.165) is 16.3 Å². The monoisotopic (exact) mass is 269 g/mol. The summed E-state index contributed by atoms with van der Waals surface area (Å²) in [4.78, 5) is 4.55. The molecule has 0 bridgehead atoms. The highest BCUT2D eigenvalue weighted by Gasteiger charge is 2.05. The van der Waals surface area contributed by atoms with Gasteiger partial charge in [0.2, 0.25) is 0 Å². The van der Waals surface area contributed by atoms with Crippen LogP contribution in [0, 0.1) is 6.92 Å². The van der Waals surface area contributed by atoms with Crippen LogP contribution in [0.3, 0.4) is 0 Å². The summed E-state index contributed by atoms with van der Waals surface area (Å²) in [6.45, 7) is 2.26. The molecule has 19 heavy (non-hydrogen) atoms. The molecule has 2 nitrogen and oxygen atoms in total. The molecule has 0 unspecified atom stereocenters. The van der Waals surface area contributed by atoms with E-state index < -0.39 is 0 Å². The maximum Gasteiger partial charge on any atom is 0.0955 e. The molecule has 3 aromatic rings. The fourth-order valence-corrected chi connectivity index (χ4v) is 2.98. The van der Waals surface area contributed by atoms with Crippen LogP contribution in [0.1, 0.15) is 10.6 Å². The molecule has 0 aliphatic rings. The van der Waals surface area contributed by atoms with Crippen molar-refractivity contribution in [3.8, 4) is 11.3 Å². The molecule has 0 saturated heterocycles. The van der Waals surface area contributed by atoms with Gasteiger partial charge in [0.15, 0.2) is 0 Å². The zero-order valence-corrected chi connectivity index (χ0v) is 11.6. The Hall–Kier alpha value is -1.71. The van der Waals surface area contributed by atoms with Crippen molar-refractivity contribution in [2.75, 3.05) is 6.61 Å². The maximum absolute atomic E-state index is 8.93. The molecule has 1 heterocycles. The average molecular weight is 269 g/mol. The highest BCUT2D eigenvalue weighted by Crippen LogP contribution is 2.26. The normalized spacial score (nSPS) is 11.1. The number of rotatable bonds is 3. The van der Waals surface area contributed by atoms with Crippen LogP contribution in [0.4, 0.5) is 0 Å². The number of nitrogens with zero attached hydrogens (tertiary/aromatic N) is 1. The van der Waals surface area contributed by atoms with E-state index in [1.807, 2.05) is 0 Å². The van der Waals surface area contributed by atoms with E-state index in [1.54, 1.807) is 11.3 Å². The number of fused-ring (bicyclic) bond motifs is 1. The molecule has 0 fully saturated rings. The largest absolute Gasteiger partial charge is 0.396 e. The second kappa shape index (κ2) is 5.11. The van der Waals surface area contributed by atoms with E-state index in [1.165, 1.54) is 16.3 Å². The van der Waals surface area contributed by atoms with E-state index in [4.69, 9.17) is 5.11 Å². The van der Waals surface area contributed by atoms with Crippen molar-refractivity contribution in [3.63, 3.8) is 0 Å². The molecule has 0 atom stereocenters. The van der Waals surface area contributed by atoms with Crippen molar-refractivity contribution >= 4 is 22.1 Å². The van der Waals surface area contributed by atoms with E-state index in [-0.39, 0.29) is 6.61 Å². The number of hydrogen-bond donors (Lipinski definition) is 1. The summed E-state index contributed by atoms with van der Waals surface area (Å²) in [6, 6.07) is 12.9. The van der Waals surface area contributed by atoms with E-state index >= 15 is 0 Å². The Kier molecular flexibility index (Phi) is 3.32. The van der Waals surface area contributed by atoms with Crippen LogP contribution in [0.25, 0.3) is 22.0 Å². The molecule has 3 rings (SSSR count). The van der Waals surface area contributed by atoms with Crippen molar-refractivity contribution < 1.29 is 5.11 Å². The minimum atomic E-state index is 0.157. The van der Waals surface area contributed by atoms with Gasteiger partial charge in [-0.2, -0.15) is 0 Å². The van der Waals surface area contributed by atoms with E-state index in [9.17, 15) is 0 Å². The van der Waals surface area contributed by atoms with E-state index in [0.29, 0.717) is 6.42 Å². The van der Waals surface area contributed by atoms with Crippen molar-refractivity contribution in [2.45, 2.75) is 13.3 Å². The predicted octanol–water partition coefficient (Wildman–Crippen LogP) is 3.81. The molecule has 2 aromatic carbocycles. The van der Waals surface area contributed by atoms with Gasteiger partial charge in [-0.05, 0) is 23.8 Å². The first-order valence-corrected chi connectivity index (χ1v) is 7.20. The Bertz CT molecular complexity index is 718. The summed E-state index contributed by atoms with van der Waals surface area (Å²) in [5, 5.41) is 14.5.